The third-order valence-electron chi connectivity index (χ3n) is 4.53. The maximum atomic E-state index is 12.1. The number of halogens is 1. The van der Waals surface area contributed by atoms with Crippen molar-refractivity contribution in [3.8, 4) is 0 Å². The van der Waals surface area contributed by atoms with Crippen molar-refractivity contribution >= 4 is 29.4 Å². The fraction of sp³-hybridized carbons (Fsp3) is 0.467. The third-order valence-corrected chi connectivity index (χ3v) is 4.87. The van der Waals surface area contributed by atoms with Crippen LogP contribution < -0.4 is 5.43 Å². The molecular weight excluding hydrogens is 306 g/mol. The van der Waals surface area contributed by atoms with E-state index in [1.54, 1.807) is 0 Å². The Bertz CT molecular complexity index is 635. The first kappa shape index (κ1) is 15.0. The van der Waals surface area contributed by atoms with Gasteiger partial charge in [0.1, 0.15) is 0 Å². The van der Waals surface area contributed by atoms with Gasteiger partial charge in [-0.1, -0.05) is 24.4 Å². The van der Waals surface area contributed by atoms with Crippen LogP contribution in [0.2, 0.25) is 5.02 Å². The number of non-ortho nitro benzene ring substituents is 1. The fourth-order valence-electron chi connectivity index (χ4n) is 3.36. The van der Waals surface area contributed by atoms with Gasteiger partial charge in [-0.3, -0.25) is 14.9 Å². The number of hydrogen-bond donors (Lipinski definition) is 1. The molecule has 0 bridgehead atoms. The van der Waals surface area contributed by atoms with Crippen LogP contribution in [0.1, 0.15) is 31.2 Å². The van der Waals surface area contributed by atoms with Gasteiger partial charge in [-0.25, -0.2) is 5.43 Å². The van der Waals surface area contributed by atoms with E-state index in [-0.39, 0.29) is 17.5 Å². The van der Waals surface area contributed by atoms with Crippen molar-refractivity contribution in [3.63, 3.8) is 0 Å². The Balaban J connectivity index is 1.61. The van der Waals surface area contributed by atoms with Crippen LogP contribution in [-0.2, 0) is 4.79 Å². The van der Waals surface area contributed by atoms with Crippen LogP contribution in [-0.4, -0.2) is 17.0 Å². The largest absolute Gasteiger partial charge is 0.273 e. The minimum absolute atomic E-state index is 0.0605. The summed E-state index contributed by atoms with van der Waals surface area (Å²) in [4.78, 5) is 22.3. The van der Waals surface area contributed by atoms with Gasteiger partial charge in [0.05, 0.1) is 11.1 Å². The number of nitrogens with one attached hydrogen (secondary N) is 1. The number of hydrazone groups is 1. The average molecular weight is 322 g/mol. The lowest BCUT2D eigenvalue weighted by molar-refractivity contribution is -0.384. The zero-order valence-corrected chi connectivity index (χ0v) is 12.6. The van der Waals surface area contributed by atoms with Crippen molar-refractivity contribution in [2.24, 2.45) is 22.9 Å². The summed E-state index contributed by atoms with van der Waals surface area (Å²) in [5.74, 6) is 1.06. The van der Waals surface area contributed by atoms with Crippen LogP contribution in [0.5, 0.6) is 0 Å². The Morgan fingerprint density at radius 3 is 2.68 bits per heavy atom. The molecule has 6 nitrogen and oxygen atoms in total. The lowest BCUT2D eigenvalue weighted by Crippen LogP contribution is -2.20. The van der Waals surface area contributed by atoms with Crippen LogP contribution in [0.15, 0.2) is 23.3 Å². The Morgan fingerprint density at radius 1 is 1.36 bits per heavy atom. The molecule has 2 aliphatic rings. The van der Waals surface area contributed by atoms with E-state index in [4.69, 9.17) is 11.6 Å². The predicted octanol–water partition coefficient (Wildman–Crippen LogP) is 3.13. The number of carbonyl (C=O) groups excluding carboxylic acids is 1. The van der Waals surface area contributed by atoms with Crippen molar-refractivity contribution < 1.29 is 9.72 Å². The van der Waals surface area contributed by atoms with E-state index < -0.39 is 4.92 Å². The van der Waals surface area contributed by atoms with E-state index in [2.05, 4.69) is 10.5 Å². The summed E-state index contributed by atoms with van der Waals surface area (Å²) >= 11 is 5.96. The van der Waals surface area contributed by atoms with Gasteiger partial charge in [0.25, 0.3) is 5.69 Å². The van der Waals surface area contributed by atoms with E-state index in [1.807, 2.05) is 0 Å². The van der Waals surface area contributed by atoms with Gasteiger partial charge in [0, 0.05) is 28.6 Å². The maximum absolute atomic E-state index is 12.1. The summed E-state index contributed by atoms with van der Waals surface area (Å²) < 4.78 is 0. The molecule has 1 N–H and O–H groups in total. The van der Waals surface area contributed by atoms with Gasteiger partial charge in [0.2, 0.25) is 5.91 Å². The molecule has 22 heavy (non-hydrogen) atoms. The number of nitro benzene ring substituents is 1. The summed E-state index contributed by atoms with van der Waals surface area (Å²) in [5, 5.41) is 15.0. The maximum Gasteiger partial charge on any atom is 0.270 e. The van der Waals surface area contributed by atoms with E-state index in [9.17, 15) is 14.9 Å². The molecule has 3 rings (SSSR count). The molecule has 1 aromatic carbocycles. The summed E-state index contributed by atoms with van der Waals surface area (Å²) in [5.41, 5.74) is 2.87. The predicted molar refractivity (Wildman–Crippen MR) is 82.8 cm³/mol. The highest BCUT2D eigenvalue weighted by Crippen LogP contribution is 2.55. The minimum Gasteiger partial charge on any atom is -0.273 e. The molecule has 2 aliphatic carbocycles. The van der Waals surface area contributed by atoms with Crippen molar-refractivity contribution in [1.29, 1.82) is 0 Å². The number of carbonyl (C=O) groups is 1. The molecule has 1 aromatic rings. The fourth-order valence-corrected chi connectivity index (χ4v) is 3.53. The van der Waals surface area contributed by atoms with Crippen molar-refractivity contribution in [3.05, 3.63) is 38.9 Å². The first-order valence-corrected chi connectivity index (χ1v) is 7.72. The zero-order chi connectivity index (χ0) is 15.7. The molecule has 2 saturated carbocycles. The number of hydrogen-bond acceptors (Lipinski definition) is 4. The molecular formula is C15H16ClN3O3. The van der Waals surface area contributed by atoms with Crippen molar-refractivity contribution in [1.82, 2.24) is 5.43 Å². The lowest BCUT2D eigenvalue weighted by atomic mass is 10.0. The van der Waals surface area contributed by atoms with Crippen molar-refractivity contribution in [2.45, 2.75) is 25.7 Å². The van der Waals surface area contributed by atoms with Crippen LogP contribution in [0.25, 0.3) is 0 Å². The molecule has 116 valence electrons. The number of amides is 1. The molecule has 2 atom stereocenters. The topological polar surface area (TPSA) is 84.6 Å². The monoisotopic (exact) mass is 321 g/mol. The highest BCUT2D eigenvalue weighted by molar-refractivity contribution is 6.33. The van der Waals surface area contributed by atoms with Gasteiger partial charge in [0.15, 0.2) is 0 Å². The van der Waals surface area contributed by atoms with E-state index in [1.165, 1.54) is 37.3 Å². The number of nitro groups is 1. The smallest absolute Gasteiger partial charge is 0.270 e. The van der Waals surface area contributed by atoms with Gasteiger partial charge in [-0.05, 0) is 30.7 Å². The Morgan fingerprint density at radius 2 is 2.05 bits per heavy atom. The number of nitrogens with zero attached hydrogens (tertiary/aromatic N) is 2. The quantitative estimate of drug-likeness (QED) is 0.525. The second-order valence-electron chi connectivity index (χ2n) is 5.84. The standard InChI is InChI=1S/C15H16ClN3O3/c16-13-6-5-10(19(21)22)7-9(13)8-17-18-15(20)14-11-3-1-2-4-12(11)14/h5-8,11-12,14H,1-4H2,(H,18,20)/b17-8+. The Labute approximate surface area is 132 Å². The Hall–Kier alpha value is -1.95. The molecule has 0 radical (unpaired) electrons. The first-order valence-electron chi connectivity index (χ1n) is 7.35. The van der Waals surface area contributed by atoms with Crippen LogP contribution in [0.3, 0.4) is 0 Å². The van der Waals surface area contributed by atoms with Gasteiger partial charge < -0.3 is 0 Å². The third kappa shape index (κ3) is 2.97. The normalized spacial score (nSPS) is 26.5. The van der Waals surface area contributed by atoms with E-state index in [0.29, 0.717) is 22.4 Å². The average Bonchev–Trinajstić information content (AvgIpc) is 3.23. The first-order chi connectivity index (χ1) is 10.6. The highest BCUT2D eigenvalue weighted by atomic mass is 35.5. The molecule has 2 unspecified atom stereocenters. The molecule has 2 fully saturated rings. The van der Waals surface area contributed by atoms with Crippen LogP contribution >= 0.6 is 11.6 Å². The molecule has 0 aliphatic heterocycles. The molecule has 0 saturated heterocycles. The number of rotatable bonds is 4. The second kappa shape index (κ2) is 6.04. The zero-order valence-electron chi connectivity index (χ0n) is 11.9. The summed E-state index contributed by atoms with van der Waals surface area (Å²) in [6.07, 6.45) is 6.01. The van der Waals surface area contributed by atoms with E-state index in [0.717, 1.165) is 12.8 Å². The van der Waals surface area contributed by atoms with Crippen molar-refractivity contribution in [2.75, 3.05) is 0 Å². The summed E-state index contributed by atoms with van der Waals surface area (Å²) in [7, 11) is 0. The number of benzene rings is 1. The minimum atomic E-state index is -0.499. The summed E-state index contributed by atoms with van der Waals surface area (Å²) in [6.45, 7) is 0. The highest BCUT2D eigenvalue weighted by Gasteiger charge is 2.54. The molecule has 0 heterocycles. The van der Waals surface area contributed by atoms with E-state index >= 15 is 0 Å². The molecule has 7 heteroatoms. The molecule has 1 amide bonds. The Kier molecular flexibility index (Phi) is 4.11. The molecule has 0 aromatic heterocycles. The number of fused-ring (bicyclic) bond motifs is 1. The van der Waals surface area contributed by atoms with Gasteiger partial charge in [-0.2, -0.15) is 5.10 Å². The SMILES string of the molecule is O=C(N/N=C/c1cc([N+](=O)[O-])ccc1Cl)C1C2CCCCC21. The second-order valence-corrected chi connectivity index (χ2v) is 6.24. The summed E-state index contributed by atoms with van der Waals surface area (Å²) in [6, 6.07) is 4.10. The van der Waals surface area contributed by atoms with Crippen LogP contribution in [0.4, 0.5) is 5.69 Å². The van der Waals surface area contributed by atoms with Crippen LogP contribution in [0, 0.1) is 27.9 Å². The molecule has 0 spiro atoms. The lowest BCUT2D eigenvalue weighted by Gasteiger charge is -2.04. The van der Waals surface area contributed by atoms with Gasteiger partial charge >= 0.3 is 0 Å². The van der Waals surface area contributed by atoms with Gasteiger partial charge in [-0.15, -0.1) is 0 Å².